The molecule has 146 valence electrons. The van der Waals surface area contributed by atoms with Gasteiger partial charge in [0, 0.05) is 47.7 Å². The van der Waals surface area contributed by atoms with Gasteiger partial charge in [-0.1, -0.05) is 18.2 Å². The molecule has 27 heavy (non-hydrogen) atoms. The van der Waals surface area contributed by atoms with E-state index in [4.69, 9.17) is 0 Å². The van der Waals surface area contributed by atoms with Crippen LogP contribution in [0.1, 0.15) is 46.1 Å². The summed E-state index contributed by atoms with van der Waals surface area (Å²) in [6, 6.07) is 11.0. The largest absolute Gasteiger partial charge is 0.391 e. The number of β-amino-alcohol motifs (C(OH)–C–C–N with tert-alkyl or cyclic N) is 1. The fourth-order valence-electron chi connectivity index (χ4n) is 5.53. The van der Waals surface area contributed by atoms with E-state index in [1.807, 2.05) is 12.3 Å². The van der Waals surface area contributed by atoms with Gasteiger partial charge < -0.3 is 10.4 Å². The van der Waals surface area contributed by atoms with E-state index in [0.717, 1.165) is 37.9 Å². The lowest BCUT2D eigenvalue weighted by Crippen LogP contribution is -2.62. The molecule has 4 heteroatoms. The van der Waals surface area contributed by atoms with Crippen LogP contribution in [0.15, 0.2) is 36.5 Å². The molecule has 4 rings (SSSR count). The van der Waals surface area contributed by atoms with Crippen LogP contribution >= 0.6 is 0 Å². The minimum atomic E-state index is -0.252. The summed E-state index contributed by atoms with van der Waals surface area (Å²) in [6.45, 7) is 11.0. The number of hydrogen-bond donors (Lipinski definition) is 2. The van der Waals surface area contributed by atoms with E-state index in [9.17, 15) is 5.11 Å². The van der Waals surface area contributed by atoms with Crippen LogP contribution in [-0.4, -0.2) is 51.3 Å². The number of piperidine rings is 1. The Kier molecular flexibility index (Phi) is 4.77. The monoisotopic (exact) mass is 367 g/mol. The number of benzene rings is 1. The normalized spacial score (nSPS) is 28.6. The summed E-state index contributed by atoms with van der Waals surface area (Å²) in [5, 5.41) is 15.8. The highest BCUT2D eigenvalue weighted by Gasteiger charge is 2.43. The van der Waals surface area contributed by atoms with E-state index in [1.165, 1.54) is 10.9 Å². The van der Waals surface area contributed by atoms with Crippen LogP contribution in [0.5, 0.6) is 0 Å². The first-order valence-electron chi connectivity index (χ1n) is 10.3. The van der Waals surface area contributed by atoms with E-state index in [0.29, 0.717) is 6.04 Å². The number of aromatic nitrogens is 1. The van der Waals surface area contributed by atoms with Crippen molar-refractivity contribution in [2.75, 3.05) is 13.1 Å². The number of nitrogens with zero attached hydrogens (tertiary/aromatic N) is 2. The quantitative estimate of drug-likeness (QED) is 0.873. The first kappa shape index (κ1) is 18.9. The Labute approximate surface area is 163 Å². The maximum atomic E-state index is 10.8. The van der Waals surface area contributed by atoms with Crippen molar-refractivity contribution in [3.8, 4) is 0 Å². The minimum Gasteiger partial charge on any atom is -0.391 e. The zero-order chi connectivity index (χ0) is 19.2. The second-order valence-corrected chi connectivity index (χ2v) is 9.93. The van der Waals surface area contributed by atoms with Crippen molar-refractivity contribution in [1.82, 2.24) is 15.2 Å². The number of nitrogens with one attached hydrogen (secondary N) is 1. The molecule has 0 bridgehead atoms. The summed E-state index contributed by atoms with van der Waals surface area (Å²) in [5.41, 5.74) is 2.62. The molecule has 0 aliphatic carbocycles. The van der Waals surface area contributed by atoms with Crippen molar-refractivity contribution in [1.29, 1.82) is 0 Å². The minimum absolute atomic E-state index is 0.136. The summed E-state index contributed by atoms with van der Waals surface area (Å²) in [6.07, 6.45) is 4.83. The number of hydrogen-bond acceptors (Lipinski definition) is 4. The predicted molar refractivity (Wildman–Crippen MR) is 111 cm³/mol. The Morgan fingerprint density at radius 3 is 2.52 bits per heavy atom. The van der Waals surface area contributed by atoms with Gasteiger partial charge >= 0.3 is 0 Å². The first-order chi connectivity index (χ1) is 12.7. The van der Waals surface area contributed by atoms with Gasteiger partial charge in [-0.3, -0.25) is 9.88 Å². The average Bonchev–Trinajstić information content (AvgIpc) is 2.93. The van der Waals surface area contributed by atoms with Crippen molar-refractivity contribution >= 4 is 10.9 Å². The molecule has 2 aromatic rings. The molecule has 0 saturated carbocycles. The molecular formula is C23H33N3O. The molecule has 0 amide bonds. The van der Waals surface area contributed by atoms with E-state index in [2.05, 4.69) is 67.2 Å². The molecule has 2 fully saturated rings. The van der Waals surface area contributed by atoms with Crippen molar-refractivity contribution in [2.24, 2.45) is 5.92 Å². The van der Waals surface area contributed by atoms with E-state index in [1.54, 1.807) is 0 Å². The molecule has 2 saturated heterocycles. The van der Waals surface area contributed by atoms with Crippen LogP contribution in [-0.2, 0) is 6.42 Å². The lowest BCUT2D eigenvalue weighted by Gasteiger charge is -2.49. The molecule has 0 spiro atoms. The van der Waals surface area contributed by atoms with Crippen molar-refractivity contribution < 1.29 is 5.11 Å². The Morgan fingerprint density at radius 1 is 1.07 bits per heavy atom. The molecular weight excluding hydrogens is 334 g/mol. The number of rotatable bonds is 3. The van der Waals surface area contributed by atoms with Crippen molar-refractivity contribution in [3.63, 3.8) is 0 Å². The zero-order valence-electron chi connectivity index (χ0n) is 17.1. The van der Waals surface area contributed by atoms with Crippen LogP contribution in [0.4, 0.5) is 0 Å². The van der Waals surface area contributed by atoms with Crippen LogP contribution < -0.4 is 5.32 Å². The molecule has 2 aliphatic heterocycles. The molecule has 0 radical (unpaired) electrons. The summed E-state index contributed by atoms with van der Waals surface area (Å²) in [7, 11) is 0. The second-order valence-electron chi connectivity index (χ2n) is 9.93. The number of fused-ring (bicyclic) bond motifs is 1. The Bertz CT molecular complexity index is 795. The molecule has 2 aliphatic rings. The van der Waals surface area contributed by atoms with Gasteiger partial charge in [-0.2, -0.15) is 0 Å². The summed E-state index contributed by atoms with van der Waals surface area (Å²) >= 11 is 0. The third kappa shape index (κ3) is 4.03. The highest BCUT2D eigenvalue weighted by molar-refractivity contribution is 5.81. The van der Waals surface area contributed by atoms with Crippen molar-refractivity contribution in [2.45, 2.75) is 70.2 Å². The lowest BCUT2D eigenvalue weighted by molar-refractivity contribution is 0.0704. The first-order valence-corrected chi connectivity index (χ1v) is 10.3. The standard InChI is InChI=1S/C23H33N3O/c1-22(2)12-18(13-23(3,4)25-22)26-14-17(21(27)15-26)11-16-9-10-24-20-8-6-5-7-19(16)20/h5-10,17-18,21,25,27H,11-15H2,1-4H3/t17-,21-/m1/s1. The van der Waals surface area contributed by atoms with Crippen LogP contribution in [0.3, 0.4) is 0 Å². The van der Waals surface area contributed by atoms with Gasteiger partial charge in [-0.05, 0) is 64.7 Å². The van der Waals surface area contributed by atoms with Crippen molar-refractivity contribution in [3.05, 3.63) is 42.1 Å². The number of aliphatic hydroxyl groups excluding tert-OH is 1. The smallest absolute Gasteiger partial charge is 0.0710 e. The zero-order valence-corrected chi connectivity index (χ0v) is 17.1. The molecule has 3 heterocycles. The van der Waals surface area contributed by atoms with Gasteiger partial charge in [0.15, 0.2) is 0 Å². The van der Waals surface area contributed by atoms with Gasteiger partial charge in [0.25, 0.3) is 0 Å². The molecule has 0 unspecified atom stereocenters. The third-order valence-electron chi connectivity index (χ3n) is 6.34. The molecule has 1 aromatic carbocycles. The second kappa shape index (κ2) is 6.84. The van der Waals surface area contributed by atoms with Crippen LogP contribution in [0.2, 0.25) is 0 Å². The van der Waals surface area contributed by atoms with Gasteiger partial charge in [-0.25, -0.2) is 0 Å². The van der Waals surface area contributed by atoms with Crippen LogP contribution in [0, 0.1) is 5.92 Å². The summed E-state index contributed by atoms with van der Waals surface area (Å²) in [5.74, 6) is 0.289. The summed E-state index contributed by atoms with van der Waals surface area (Å²) < 4.78 is 0. The number of pyridine rings is 1. The van der Waals surface area contributed by atoms with E-state index < -0.39 is 0 Å². The third-order valence-corrected chi connectivity index (χ3v) is 6.34. The fourth-order valence-corrected chi connectivity index (χ4v) is 5.53. The number of para-hydroxylation sites is 1. The molecule has 4 nitrogen and oxygen atoms in total. The molecule has 2 N–H and O–H groups in total. The maximum absolute atomic E-state index is 10.8. The molecule has 2 atom stereocenters. The Morgan fingerprint density at radius 2 is 1.78 bits per heavy atom. The van der Waals surface area contributed by atoms with Gasteiger partial charge in [0.1, 0.15) is 0 Å². The highest BCUT2D eigenvalue weighted by Crippen LogP contribution is 2.35. The summed E-state index contributed by atoms with van der Waals surface area (Å²) in [4.78, 5) is 7.02. The highest BCUT2D eigenvalue weighted by atomic mass is 16.3. The van der Waals surface area contributed by atoms with E-state index >= 15 is 0 Å². The van der Waals surface area contributed by atoms with E-state index in [-0.39, 0.29) is 23.1 Å². The SMILES string of the molecule is CC1(C)CC(N2C[C@@H](Cc3ccnc4ccccc34)[C@H](O)C2)CC(C)(C)N1. The maximum Gasteiger partial charge on any atom is 0.0710 e. The topological polar surface area (TPSA) is 48.4 Å². The number of aliphatic hydroxyl groups is 1. The fraction of sp³-hybridized carbons (Fsp3) is 0.609. The number of likely N-dealkylation sites (tertiary alicyclic amines) is 1. The van der Waals surface area contributed by atoms with Gasteiger partial charge in [0.05, 0.1) is 11.6 Å². The van der Waals surface area contributed by atoms with Gasteiger partial charge in [-0.15, -0.1) is 0 Å². The van der Waals surface area contributed by atoms with Gasteiger partial charge in [0.2, 0.25) is 0 Å². The Balaban J connectivity index is 1.50. The Hall–Kier alpha value is -1.49. The molecule has 1 aromatic heterocycles. The predicted octanol–water partition coefficient (Wildman–Crippen LogP) is 3.38. The average molecular weight is 368 g/mol. The lowest BCUT2D eigenvalue weighted by atomic mass is 9.79. The van der Waals surface area contributed by atoms with Crippen LogP contribution in [0.25, 0.3) is 10.9 Å².